The number of nitrogens with zero attached hydrogens (tertiary/aromatic N) is 3. The molecule has 3 aromatic rings. The Hall–Kier alpha value is -3.57. The number of rotatable bonds is 6. The summed E-state index contributed by atoms with van der Waals surface area (Å²) in [5.41, 5.74) is -2.22. The number of halogens is 5. The summed E-state index contributed by atoms with van der Waals surface area (Å²) in [6.07, 6.45) is 0.699. The molecule has 1 saturated carbocycles. The minimum absolute atomic E-state index is 0.00491. The van der Waals surface area contributed by atoms with E-state index in [9.17, 15) is 32.3 Å². The van der Waals surface area contributed by atoms with E-state index in [4.69, 9.17) is 11.6 Å². The number of hydrogen-bond acceptors (Lipinski definition) is 5. The van der Waals surface area contributed by atoms with Gasteiger partial charge in [-0.25, -0.2) is 17.6 Å². The molecule has 1 aliphatic heterocycles. The van der Waals surface area contributed by atoms with E-state index in [-0.39, 0.29) is 41.9 Å². The van der Waals surface area contributed by atoms with E-state index in [0.29, 0.717) is 0 Å². The standard InChI is InChI=1S/C27H23ClF4N4O3/c28-20-10-21(35-25(37)14-2-1-7-33-11-14)18(24(31)32)8-15(20)13-36-22-9-16(29)3-5-19(22)27(39,26(36)38)23-6-4-17(30)12-34-23/h1-7,9,11-12,15,18,20-21,24,39H,8,10,13H2,(H,35,37)/t15-,18-,20-,21-,27-/m1/s1. The highest BCUT2D eigenvalue weighted by molar-refractivity contribution is 6.21. The van der Waals surface area contributed by atoms with Crippen LogP contribution in [0.15, 0.2) is 61.1 Å². The van der Waals surface area contributed by atoms with E-state index in [1.807, 2.05) is 0 Å². The van der Waals surface area contributed by atoms with Crippen molar-refractivity contribution in [3.8, 4) is 0 Å². The molecule has 0 radical (unpaired) electrons. The number of benzene rings is 1. The van der Waals surface area contributed by atoms with Crippen LogP contribution in [0, 0.1) is 23.5 Å². The fourth-order valence-electron chi connectivity index (χ4n) is 5.36. The van der Waals surface area contributed by atoms with Crippen molar-refractivity contribution in [2.45, 2.75) is 36.3 Å². The number of aromatic nitrogens is 2. The number of pyridine rings is 2. The lowest BCUT2D eigenvalue weighted by atomic mass is 9.77. The van der Waals surface area contributed by atoms with Crippen LogP contribution in [0.4, 0.5) is 23.2 Å². The average Bonchev–Trinajstić information content (AvgIpc) is 3.12. The van der Waals surface area contributed by atoms with Crippen molar-refractivity contribution in [3.63, 3.8) is 0 Å². The molecule has 1 aliphatic carbocycles. The van der Waals surface area contributed by atoms with Crippen LogP contribution in [0.2, 0.25) is 0 Å². The lowest BCUT2D eigenvalue weighted by Gasteiger charge is -2.40. The molecule has 1 fully saturated rings. The summed E-state index contributed by atoms with van der Waals surface area (Å²) < 4.78 is 56.1. The third-order valence-corrected chi connectivity index (χ3v) is 7.89. The second kappa shape index (κ2) is 10.5. The summed E-state index contributed by atoms with van der Waals surface area (Å²) in [5.74, 6) is -4.76. The second-order valence-electron chi connectivity index (χ2n) is 9.72. The van der Waals surface area contributed by atoms with Gasteiger partial charge in [0.2, 0.25) is 12.0 Å². The van der Waals surface area contributed by atoms with Gasteiger partial charge in [-0.2, -0.15) is 0 Å². The molecule has 0 bridgehead atoms. The van der Waals surface area contributed by atoms with Gasteiger partial charge in [-0.3, -0.25) is 19.6 Å². The third kappa shape index (κ3) is 4.96. The lowest BCUT2D eigenvalue weighted by molar-refractivity contribution is -0.132. The highest BCUT2D eigenvalue weighted by atomic mass is 35.5. The largest absolute Gasteiger partial charge is 0.370 e. The quantitative estimate of drug-likeness (QED) is 0.349. The molecule has 1 aromatic carbocycles. The Balaban J connectivity index is 1.40. The molecule has 204 valence electrons. The Morgan fingerprint density at radius 1 is 1.15 bits per heavy atom. The first-order chi connectivity index (χ1) is 18.6. The van der Waals surface area contributed by atoms with Gasteiger partial charge in [0.05, 0.1) is 23.1 Å². The smallest absolute Gasteiger partial charge is 0.270 e. The number of carbonyl (C=O) groups is 2. The van der Waals surface area contributed by atoms with E-state index in [1.54, 1.807) is 6.07 Å². The van der Waals surface area contributed by atoms with Gasteiger partial charge in [-0.1, -0.05) is 6.07 Å². The topological polar surface area (TPSA) is 95.4 Å². The summed E-state index contributed by atoms with van der Waals surface area (Å²) in [5, 5.41) is 13.4. The molecule has 2 aliphatic rings. The van der Waals surface area contributed by atoms with Gasteiger partial charge in [0.15, 0.2) is 0 Å². The Labute approximate surface area is 225 Å². The number of amides is 2. The summed E-state index contributed by atoms with van der Waals surface area (Å²) >= 11 is 6.63. The summed E-state index contributed by atoms with van der Waals surface area (Å²) in [7, 11) is 0. The minimum atomic E-state index is -2.80. The number of anilines is 1. The third-order valence-electron chi connectivity index (χ3n) is 7.36. The number of alkyl halides is 3. The molecular formula is C27H23ClF4N4O3. The van der Waals surface area contributed by atoms with Crippen molar-refractivity contribution in [1.29, 1.82) is 0 Å². The van der Waals surface area contributed by atoms with Crippen LogP contribution in [0.3, 0.4) is 0 Å². The van der Waals surface area contributed by atoms with Crippen LogP contribution >= 0.6 is 11.6 Å². The first-order valence-electron chi connectivity index (χ1n) is 12.2. The molecule has 2 amide bonds. The van der Waals surface area contributed by atoms with Gasteiger partial charge < -0.3 is 15.3 Å². The Morgan fingerprint density at radius 3 is 2.59 bits per heavy atom. The van der Waals surface area contributed by atoms with Crippen LogP contribution < -0.4 is 10.2 Å². The SMILES string of the molecule is O=C(N[C@@H]1C[C@@H](Cl)[C@@H](CN2C(=O)[C@](O)(c3ccc(F)cn3)c3ccc(F)cc32)C[C@H]1C(F)F)c1cccnc1. The van der Waals surface area contributed by atoms with E-state index in [2.05, 4.69) is 15.3 Å². The predicted octanol–water partition coefficient (Wildman–Crippen LogP) is 4.03. The van der Waals surface area contributed by atoms with Crippen molar-refractivity contribution < 1.29 is 32.3 Å². The molecule has 2 N–H and O–H groups in total. The molecule has 0 unspecified atom stereocenters. The summed E-state index contributed by atoms with van der Waals surface area (Å²) in [6, 6.07) is 7.67. The average molecular weight is 563 g/mol. The zero-order chi connectivity index (χ0) is 27.9. The first kappa shape index (κ1) is 27.0. The molecule has 7 nitrogen and oxygen atoms in total. The van der Waals surface area contributed by atoms with Crippen LogP contribution in [-0.4, -0.2) is 51.3 Å². The Morgan fingerprint density at radius 2 is 1.92 bits per heavy atom. The maximum atomic E-state index is 14.3. The normalized spacial score (nSPS) is 26.5. The van der Waals surface area contributed by atoms with E-state index in [0.717, 1.165) is 35.4 Å². The van der Waals surface area contributed by atoms with Gasteiger partial charge in [0, 0.05) is 41.8 Å². The van der Waals surface area contributed by atoms with Crippen molar-refractivity contribution in [2.24, 2.45) is 11.8 Å². The maximum absolute atomic E-state index is 14.3. The highest BCUT2D eigenvalue weighted by Crippen LogP contribution is 2.46. The van der Waals surface area contributed by atoms with Crippen molar-refractivity contribution in [2.75, 3.05) is 11.4 Å². The maximum Gasteiger partial charge on any atom is 0.270 e. The molecule has 2 aromatic heterocycles. The fourth-order valence-corrected chi connectivity index (χ4v) is 5.74. The predicted molar refractivity (Wildman–Crippen MR) is 133 cm³/mol. The molecule has 0 saturated heterocycles. The second-order valence-corrected chi connectivity index (χ2v) is 10.3. The van der Waals surface area contributed by atoms with E-state index in [1.165, 1.54) is 24.5 Å². The Kier molecular flexibility index (Phi) is 7.30. The molecular weight excluding hydrogens is 540 g/mol. The monoisotopic (exact) mass is 562 g/mol. The zero-order valence-corrected chi connectivity index (χ0v) is 21.0. The first-order valence-corrected chi connectivity index (χ1v) is 12.6. The Bertz CT molecular complexity index is 1380. The van der Waals surface area contributed by atoms with Gasteiger partial charge in [-0.15, -0.1) is 11.6 Å². The van der Waals surface area contributed by atoms with Gasteiger partial charge in [0.25, 0.3) is 11.8 Å². The number of carbonyl (C=O) groups excluding carboxylic acids is 2. The highest BCUT2D eigenvalue weighted by Gasteiger charge is 2.53. The van der Waals surface area contributed by atoms with Crippen LogP contribution in [0.5, 0.6) is 0 Å². The molecule has 0 spiro atoms. The van der Waals surface area contributed by atoms with E-state index >= 15 is 0 Å². The van der Waals surface area contributed by atoms with Gasteiger partial charge in [0.1, 0.15) is 11.6 Å². The fraction of sp³-hybridized carbons (Fsp3) is 0.333. The number of nitrogens with one attached hydrogen (secondary N) is 1. The zero-order valence-electron chi connectivity index (χ0n) is 20.3. The van der Waals surface area contributed by atoms with Crippen molar-refractivity contribution in [1.82, 2.24) is 15.3 Å². The summed E-state index contributed by atoms with van der Waals surface area (Å²) in [6.45, 7) is -0.195. The molecule has 5 rings (SSSR count). The molecule has 39 heavy (non-hydrogen) atoms. The van der Waals surface area contributed by atoms with Crippen LogP contribution in [0.1, 0.15) is 34.5 Å². The van der Waals surface area contributed by atoms with Gasteiger partial charge >= 0.3 is 0 Å². The van der Waals surface area contributed by atoms with Gasteiger partial charge in [-0.05, 0) is 55.2 Å². The molecule has 3 heterocycles. The molecule has 12 heteroatoms. The number of aliphatic hydroxyl groups is 1. The number of fused-ring (bicyclic) bond motifs is 1. The van der Waals surface area contributed by atoms with Crippen molar-refractivity contribution in [3.05, 3.63) is 89.5 Å². The molecule has 5 atom stereocenters. The van der Waals surface area contributed by atoms with Crippen LogP contribution in [-0.2, 0) is 10.4 Å². The van der Waals surface area contributed by atoms with Crippen molar-refractivity contribution >= 4 is 29.1 Å². The summed E-state index contributed by atoms with van der Waals surface area (Å²) in [4.78, 5) is 35.0. The lowest BCUT2D eigenvalue weighted by Crippen LogP contribution is -2.52. The van der Waals surface area contributed by atoms with E-state index < -0.39 is 58.7 Å². The minimum Gasteiger partial charge on any atom is -0.370 e. The number of hydrogen-bond donors (Lipinski definition) is 2. The van der Waals surface area contributed by atoms with Crippen LogP contribution in [0.25, 0.3) is 0 Å².